The minimum atomic E-state index is -0.544. The molecule has 0 amide bonds. The molecule has 6 heteroatoms. The second-order valence-electron chi connectivity index (χ2n) is 3.92. The zero-order valence-corrected chi connectivity index (χ0v) is 10.3. The molecule has 1 aromatic carbocycles. The largest absolute Gasteiger partial charge is 0.450 e. The molecule has 96 valence electrons. The SMILES string of the molecule is Cn1nc(CC(=O)OCC#N)c2ccccc2c1=O. The molecule has 1 aromatic heterocycles. The van der Waals surface area contributed by atoms with Crippen molar-refractivity contribution in [3.05, 3.63) is 40.3 Å². The Morgan fingerprint density at radius 2 is 2.11 bits per heavy atom. The van der Waals surface area contributed by atoms with Crippen molar-refractivity contribution in [3.8, 4) is 6.07 Å². The van der Waals surface area contributed by atoms with Crippen LogP contribution in [0.15, 0.2) is 29.1 Å². The van der Waals surface area contributed by atoms with E-state index in [0.717, 1.165) is 0 Å². The molecule has 0 bridgehead atoms. The third-order valence-electron chi connectivity index (χ3n) is 2.64. The first-order valence-electron chi connectivity index (χ1n) is 5.61. The normalized spacial score (nSPS) is 10.1. The van der Waals surface area contributed by atoms with Gasteiger partial charge in [0.1, 0.15) is 6.07 Å². The van der Waals surface area contributed by atoms with Crippen molar-refractivity contribution in [2.45, 2.75) is 6.42 Å². The predicted octanol–water partition coefficient (Wildman–Crippen LogP) is 0.543. The Balaban J connectivity index is 2.44. The number of nitriles is 1. The molecule has 2 aromatic rings. The van der Waals surface area contributed by atoms with Crippen molar-refractivity contribution in [1.82, 2.24) is 9.78 Å². The average molecular weight is 257 g/mol. The summed E-state index contributed by atoms with van der Waals surface area (Å²) in [5, 5.41) is 13.5. The summed E-state index contributed by atoms with van der Waals surface area (Å²) in [6.07, 6.45) is -0.0731. The third kappa shape index (κ3) is 2.60. The first kappa shape index (κ1) is 12.8. The molecule has 0 saturated heterocycles. The highest BCUT2D eigenvalue weighted by molar-refractivity contribution is 5.86. The van der Waals surface area contributed by atoms with Crippen LogP contribution in [0.4, 0.5) is 0 Å². The summed E-state index contributed by atoms with van der Waals surface area (Å²) in [5.41, 5.74) is 0.241. The summed E-state index contributed by atoms with van der Waals surface area (Å²) in [6.45, 7) is -0.289. The molecule has 19 heavy (non-hydrogen) atoms. The zero-order valence-electron chi connectivity index (χ0n) is 10.3. The van der Waals surface area contributed by atoms with Crippen molar-refractivity contribution in [1.29, 1.82) is 5.26 Å². The molecule has 2 rings (SSSR count). The van der Waals surface area contributed by atoms with Gasteiger partial charge in [-0.3, -0.25) is 9.59 Å². The minimum Gasteiger partial charge on any atom is -0.450 e. The summed E-state index contributed by atoms with van der Waals surface area (Å²) < 4.78 is 5.88. The average Bonchev–Trinajstić information content (AvgIpc) is 2.42. The molecule has 1 heterocycles. The van der Waals surface area contributed by atoms with Crippen molar-refractivity contribution in [2.75, 3.05) is 6.61 Å². The van der Waals surface area contributed by atoms with Crippen LogP contribution in [0.1, 0.15) is 5.69 Å². The number of carbonyl (C=O) groups excluding carboxylic acids is 1. The van der Waals surface area contributed by atoms with E-state index in [1.165, 1.54) is 11.7 Å². The highest BCUT2D eigenvalue weighted by atomic mass is 16.5. The number of fused-ring (bicyclic) bond motifs is 1. The monoisotopic (exact) mass is 257 g/mol. The van der Waals surface area contributed by atoms with E-state index < -0.39 is 5.97 Å². The van der Waals surface area contributed by atoms with Crippen molar-refractivity contribution < 1.29 is 9.53 Å². The number of hydrogen-bond acceptors (Lipinski definition) is 5. The molecule has 0 N–H and O–H groups in total. The molecule has 0 aliphatic carbocycles. The van der Waals surface area contributed by atoms with Crippen molar-refractivity contribution >= 4 is 16.7 Å². The summed E-state index contributed by atoms with van der Waals surface area (Å²) in [6, 6.07) is 8.66. The molecule has 0 unspecified atom stereocenters. The Labute approximate surface area is 108 Å². The molecule has 0 aliphatic rings. The lowest BCUT2D eigenvalue weighted by molar-refractivity contribution is -0.141. The Kier molecular flexibility index (Phi) is 3.57. The van der Waals surface area contributed by atoms with Crippen LogP contribution in [0.5, 0.6) is 0 Å². The summed E-state index contributed by atoms with van der Waals surface area (Å²) in [7, 11) is 1.53. The molecular formula is C13H11N3O3. The quantitative estimate of drug-likeness (QED) is 0.749. The lowest BCUT2D eigenvalue weighted by atomic mass is 10.1. The molecule has 0 saturated carbocycles. The van der Waals surface area contributed by atoms with Gasteiger partial charge in [-0.1, -0.05) is 18.2 Å². The number of nitrogens with zero attached hydrogens (tertiary/aromatic N) is 3. The fourth-order valence-corrected chi connectivity index (χ4v) is 1.81. The number of aryl methyl sites for hydroxylation is 1. The Morgan fingerprint density at radius 3 is 2.79 bits per heavy atom. The third-order valence-corrected chi connectivity index (χ3v) is 2.64. The zero-order chi connectivity index (χ0) is 13.8. The van der Waals surface area contributed by atoms with Crippen molar-refractivity contribution in [3.63, 3.8) is 0 Å². The minimum absolute atomic E-state index is 0.0731. The van der Waals surface area contributed by atoms with Gasteiger partial charge in [-0.2, -0.15) is 10.4 Å². The molecule has 6 nitrogen and oxygen atoms in total. The van der Waals surface area contributed by atoms with Crippen LogP contribution < -0.4 is 5.56 Å². The maximum atomic E-state index is 11.9. The summed E-state index contributed by atoms with van der Waals surface area (Å²) >= 11 is 0. The Morgan fingerprint density at radius 1 is 1.42 bits per heavy atom. The van der Waals surface area contributed by atoms with Gasteiger partial charge in [-0.05, 0) is 6.07 Å². The highest BCUT2D eigenvalue weighted by Crippen LogP contribution is 2.13. The van der Waals surface area contributed by atoms with Gasteiger partial charge in [0.15, 0.2) is 6.61 Å². The van der Waals surface area contributed by atoms with Gasteiger partial charge < -0.3 is 4.74 Å². The lowest BCUT2D eigenvalue weighted by Crippen LogP contribution is -2.22. The number of rotatable bonds is 3. The van der Waals surface area contributed by atoms with Crippen LogP contribution in [0.25, 0.3) is 10.8 Å². The van der Waals surface area contributed by atoms with Crippen LogP contribution in [-0.2, 0) is 23.0 Å². The van der Waals surface area contributed by atoms with Gasteiger partial charge in [0.2, 0.25) is 0 Å². The number of esters is 1. The second kappa shape index (κ2) is 5.31. The number of benzene rings is 1. The molecule has 0 spiro atoms. The molecule has 0 radical (unpaired) electrons. The Hall–Kier alpha value is -2.68. The predicted molar refractivity (Wildman–Crippen MR) is 67.3 cm³/mol. The van der Waals surface area contributed by atoms with E-state index in [0.29, 0.717) is 16.5 Å². The fourth-order valence-electron chi connectivity index (χ4n) is 1.81. The van der Waals surface area contributed by atoms with Gasteiger partial charge in [0, 0.05) is 12.4 Å². The van der Waals surface area contributed by atoms with E-state index in [4.69, 9.17) is 5.26 Å². The van der Waals surface area contributed by atoms with Gasteiger partial charge in [0.05, 0.1) is 17.5 Å². The lowest BCUT2D eigenvalue weighted by Gasteiger charge is -2.07. The van der Waals surface area contributed by atoms with Gasteiger partial charge in [0.25, 0.3) is 5.56 Å². The topological polar surface area (TPSA) is 85.0 Å². The van der Waals surface area contributed by atoms with Crippen LogP contribution in [-0.4, -0.2) is 22.4 Å². The van der Waals surface area contributed by atoms with E-state index in [1.54, 1.807) is 30.3 Å². The van der Waals surface area contributed by atoms with Crippen LogP contribution in [0.2, 0.25) is 0 Å². The second-order valence-corrected chi connectivity index (χ2v) is 3.92. The number of aromatic nitrogens is 2. The number of carbonyl (C=O) groups is 1. The standard InChI is InChI=1S/C13H11N3O3/c1-16-13(18)10-5-3-2-4-9(10)11(15-16)8-12(17)19-7-6-14/h2-5H,7-8H2,1H3. The molecule has 0 fully saturated rings. The maximum Gasteiger partial charge on any atom is 0.312 e. The number of ether oxygens (including phenoxy) is 1. The fraction of sp³-hybridized carbons (Fsp3) is 0.231. The highest BCUT2D eigenvalue weighted by Gasteiger charge is 2.12. The first-order valence-corrected chi connectivity index (χ1v) is 5.61. The number of hydrogen-bond donors (Lipinski definition) is 0. The Bertz CT molecular complexity index is 728. The summed E-state index contributed by atoms with van der Waals surface area (Å²) in [5.74, 6) is -0.544. The maximum absolute atomic E-state index is 11.9. The van der Waals surface area contributed by atoms with Gasteiger partial charge in [-0.15, -0.1) is 0 Å². The van der Waals surface area contributed by atoms with E-state index in [9.17, 15) is 9.59 Å². The summed E-state index contributed by atoms with van der Waals surface area (Å²) in [4.78, 5) is 23.4. The van der Waals surface area contributed by atoms with E-state index in [-0.39, 0.29) is 18.6 Å². The first-order chi connectivity index (χ1) is 9.13. The molecule has 0 aliphatic heterocycles. The van der Waals surface area contributed by atoms with Gasteiger partial charge in [-0.25, -0.2) is 4.68 Å². The van der Waals surface area contributed by atoms with Crippen LogP contribution in [0, 0.1) is 11.3 Å². The smallest absolute Gasteiger partial charge is 0.312 e. The molecular weight excluding hydrogens is 246 g/mol. The van der Waals surface area contributed by atoms with Gasteiger partial charge >= 0.3 is 5.97 Å². The molecule has 0 atom stereocenters. The van der Waals surface area contributed by atoms with E-state index in [1.807, 2.05) is 0 Å². The van der Waals surface area contributed by atoms with Crippen molar-refractivity contribution in [2.24, 2.45) is 7.05 Å². The van der Waals surface area contributed by atoms with Crippen LogP contribution >= 0.6 is 0 Å². The van der Waals surface area contributed by atoms with E-state index >= 15 is 0 Å². The van der Waals surface area contributed by atoms with E-state index in [2.05, 4.69) is 9.84 Å². The van der Waals surface area contributed by atoms with Crippen LogP contribution in [0.3, 0.4) is 0 Å².